The lowest BCUT2D eigenvalue weighted by molar-refractivity contribution is 0.177. The largest absolute Gasteiger partial charge is 0.423 e. The Hall–Kier alpha value is -2.39. The van der Waals surface area contributed by atoms with E-state index in [9.17, 15) is 4.79 Å². The number of hydrogen-bond acceptors (Lipinski definition) is 3. The Bertz CT molecular complexity index is 953. The molecule has 0 saturated carbocycles. The van der Waals surface area contributed by atoms with Gasteiger partial charge in [-0.2, -0.15) is 0 Å². The molecule has 0 bridgehead atoms. The first-order valence-electron chi connectivity index (χ1n) is 10.0. The van der Waals surface area contributed by atoms with Crippen LogP contribution in [0.5, 0.6) is 0 Å². The maximum atomic E-state index is 12.0. The second kappa shape index (κ2) is 8.10. The highest BCUT2D eigenvalue weighted by Crippen LogP contribution is 2.25. The summed E-state index contributed by atoms with van der Waals surface area (Å²) in [5.74, 6) is 0.757. The van der Waals surface area contributed by atoms with Gasteiger partial charge in [-0.15, -0.1) is 0 Å². The Balaban J connectivity index is 1.45. The van der Waals surface area contributed by atoms with Crippen molar-refractivity contribution in [2.24, 2.45) is 5.92 Å². The Labute approximate surface area is 160 Å². The van der Waals surface area contributed by atoms with E-state index in [1.54, 1.807) is 6.07 Å². The maximum Gasteiger partial charge on any atom is 0.336 e. The van der Waals surface area contributed by atoms with E-state index < -0.39 is 0 Å². The molecule has 0 aliphatic carbocycles. The minimum Gasteiger partial charge on any atom is -0.423 e. The SMILES string of the molecule is CCc1ccc2oc(=O)cc(CN3CCC(Cc4ccccc4)CC3)c2c1. The number of rotatable bonds is 5. The van der Waals surface area contributed by atoms with Crippen LogP contribution in [0.3, 0.4) is 0 Å². The van der Waals surface area contributed by atoms with Crippen molar-refractivity contribution < 1.29 is 4.42 Å². The lowest BCUT2D eigenvalue weighted by Crippen LogP contribution is -2.34. The van der Waals surface area contributed by atoms with Gasteiger partial charge in [0.15, 0.2) is 0 Å². The second-order valence-corrected chi connectivity index (χ2v) is 7.68. The minimum absolute atomic E-state index is 0.249. The highest BCUT2D eigenvalue weighted by molar-refractivity contribution is 5.80. The van der Waals surface area contributed by atoms with E-state index in [4.69, 9.17) is 4.42 Å². The molecule has 3 nitrogen and oxygen atoms in total. The van der Waals surface area contributed by atoms with Crippen LogP contribution < -0.4 is 5.63 Å². The third-order valence-electron chi connectivity index (χ3n) is 5.77. The average molecular weight is 361 g/mol. The van der Waals surface area contributed by atoms with Crippen molar-refractivity contribution in [2.45, 2.75) is 39.2 Å². The Morgan fingerprint density at radius 2 is 1.78 bits per heavy atom. The first-order valence-corrected chi connectivity index (χ1v) is 10.0. The first-order chi connectivity index (χ1) is 13.2. The molecule has 1 aliphatic heterocycles. The number of aryl methyl sites for hydroxylation is 1. The smallest absolute Gasteiger partial charge is 0.336 e. The van der Waals surface area contributed by atoms with Crippen LogP contribution in [-0.2, 0) is 19.4 Å². The summed E-state index contributed by atoms with van der Waals surface area (Å²) < 4.78 is 5.40. The van der Waals surface area contributed by atoms with Crippen LogP contribution in [0.2, 0.25) is 0 Å². The van der Waals surface area contributed by atoms with Gasteiger partial charge < -0.3 is 4.42 Å². The number of likely N-dealkylation sites (tertiary alicyclic amines) is 1. The standard InChI is InChI=1S/C24H27NO2/c1-2-18-8-9-23-22(15-18)21(16-24(26)27-23)17-25-12-10-20(11-13-25)14-19-6-4-3-5-7-19/h3-9,15-16,20H,2,10-14,17H2,1H3. The molecule has 2 aromatic carbocycles. The molecule has 1 aromatic heterocycles. The van der Waals surface area contributed by atoms with Crippen LogP contribution >= 0.6 is 0 Å². The molecule has 0 unspecified atom stereocenters. The Kier molecular flexibility index (Phi) is 5.40. The van der Waals surface area contributed by atoms with E-state index in [2.05, 4.69) is 48.2 Å². The van der Waals surface area contributed by atoms with Gasteiger partial charge in [-0.05, 0) is 73.5 Å². The second-order valence-electron chi connectivity index (χ2n) is 7.68. The summed E-state index contributed by atoms with van der Waals surface area (Å²) in [6, 6.07) is 18.6. The average Bonchev–Trinajstić information content (AvgIpc) is 2.70. The zero-order valence-electron chi connectivity index (χ0n) is 16.0. The summed E-state index contributed by atoms with van der Waals surface area (Å²) in [5.41, 5.74) is 4.27. The zero-order valence-corrected chi connectivity index (χ0v) is 16.0. The molecule has 1 fully saturated rings. The third-order valence-corrected chi connectivity index (χ3v) is 5.77. The molecule has 27 heavy (non-hydrogen) atoms. The minimum atomic E-state index is -0.249. The van der Waals surface area contributed by atoms with Crippen LogP contribution in [0.15, 0.2) is 63.8 Å². The van der Waals surface area contributed by atoms with Gasteiger partial charge in [-0.25, -0.2) is 4.79 Å². The van der Waals surface area contributed by atoms with Crippen molar-refractivity contribution in [3.8, 4) is 0 Å². The summed E-state index contributed by atoms with van der Waals surface area (Å²) in [7, 11) is 0. The fourth-order valence-corrected chi connectivity index (χ4v) is 4.16. The van der Waals surface area contributed by atoms with Gasteiger partial charge >= 0.3 is 5.63 Å². The number of hydrogen-bond donors (Lipinski definition) is 0. The Morgan fingerprint density at radius 3 is 2.52 bits per heavy atom. The summed E-state index contributed by atoms with van der Waals surface area (Å²) >= 11 is 0. The molecule has 0 amide bonds. The predicted molar refractivity (Wildman–Crippen MR) is 110 cm³/mol. The quantitative estimate of drug-likeness (QED) is 0.612. The van der Waals surface area contributed by atoms with E-state index in [1.165, 1.54) is 30.4 Å². The number of piperidine rings is 1. The fraction of sp³-hybridized carbons (Fsp3) is 0.375. The molecule has 3 heteroatoms. The Morgan fingerprint density at radius 1 is 1.00 bits per heavy atom. The lowest BCUT2D eigenvalue weighted by atomic mass is 9.90. The van der Waals surface area contributed by atoms with Crippen molar-refractivity contribution in [3.63, 3.8) is 0 Å². The van der Waals surface area contributed by atoms with E-state index in [1.807, 2.05) is 12.1 Å². The summed E-state index contributed by atoms with van der Waals surface area (Å²) in [4.78, 5) is 14.5. The van der Waals surface area contributed by atoms with Gasteiger partial charge in [-0.1, -0.05) is 43.3 Å². The van der Waals surface area contributed by atoms with E-state index in [-0.39, 0.29) is 5.63 Å². The van der Waals surface area contributed by atoms with E-state index in [0.29, 0.717) is 5.58 Å². The van der Waals surface area contributed by atoms with Gasteiger partial charge in [0.2, 0.25) is 0 Å². The third kappa shape index (κ3) is 4.30. The molecule has 0 spiro atoms. The van der Waals surface area contributed by atoms with Crippen molar-refractivity contribution in [3.05, 3.63) is 81.7 Å². The fourth-order valence-electron chi connectivity index (χ4n) is 4.16. The molecule has 1 aliphatic rings. The van der Waals surface area contributed by atoms with E-state index in [0.717, 1.165) is 42.9 Å². The van der Waals surface area contributed by atoms with Gasteiger partial charge in [0.05, 0.1) is 0 Å². The monoisotopic (exact) mass is 361 g/mol. The predicted octanol–water partition coefficient (Wildman–Crippen LogP) is 4.81. The van der Waals surface area contributed by atoms with Crippen LogP contribution in [0.4, 0.5) is 0 Å². The number of fused-ring (bicyclic) bond motifs is 1. The van der Waals surface area contributed by atoms with Gasteiger partial charge in [0.1, 0.15) is 5.58 Å². The van der Waals surface area contributed by atoms with Gasteiger partial charge in [0.25, 0.3) is 0 Å². The summed E-state index contributed by atoms with van der Waals surface area (Å²) in [6.07, 6.45) is 4.59. The van der Waals surface area contributed by atoms with Crippen molar-refractivity contribution in [2.75, 3.05) is 13.1 Å². The molecule has 0 radical (unpaired) electrons. The molecule has 0 N–H and O–H groups in total. The summed E-state index contributed by atoms with van der Waals surface area (Å²) in [6.45, 7) is 5.16. The van der Waals surface area contributed by atoms with Crippen LogP contribution in [-0.4, -0.2) is 18.0 Å². The molecular weight excluding hydrogens is 334 g/mol. The normalized spacial score (nSPS) is 16.0. The molecule has 1 saturated heterocycles. The molecule has 2 heterocycles. The molecule has 140 valence electrons. The van der Waals surface area contributed by atoms with E-state index >= 15 is 0 Å². The zero-order chi connectivity index (χ0) is 18.6. The molecule has 3 aromatic rings. The van der Waals surface area contributed by atoms with Crippen molar-refractivity contribution in [1.82, 2.24) is 4.90 Å². The van der Waals surface area contributed by atoms with Gasteiger partial charge in [-0.3, -0.25) is 4.90 Å². The maximum absolute atomic E-state index is 12.0. The molecule has 0 atom stereocenters. The van der Waals surface area contributed by atoms with Crippen LogP contribution in [0.1, 0.15) is 36.5 Å². The number of benzene rings is 2. The topological polar surface area (TPSA) is 33.5 Å². The number of nitrogens with zero attached hydrogens (tertiary/aromatic N) is 1. The molecular formula is C24H27NO2. The van der Waals surface area contributed by atoms with Gasteiger partial charge in [0, 0.05) is 18.0 Å². The van der Waals surface area contributed by atoms with Crippen LogP contribution in [0.25, 0.3) is 11.0 Å². The highest BCUT2D eigenvalue weighted by Gasteiger charge is 2.20. The van der Waals surface area contributed by atoms with Crippen molar-refractivity contribution >= 4 is 11.0 Å². The van der Waals surface area contributed by atoms with Crippen LogP contribution in [0, 0.1) is 5.92 Å². The summed E-state index contributed by atoms with van der Waals surface area (Å²) in [5, 5.41) is 1.08. The highest BCUT2D eigenvalue weighted by atomic mass is 16.4. The molecule has 4 rings (SSSR count). The first kappa shape index (κ1) is 18.0. The van der Waals surface area contributed by atoms with Crippen molar-refractivity contribution in [1.29, 1.82) is 0 Å². The lowest BCUT2D eigenvalue weighted by Gasteiger charge is -2.32.